The van der Waals surface area contributed by atoms with Crippen LogP contribution in [-0.4, -0.2) is 28.0 Å². The van der Waals surface area contributed by atoms with E-state index < -0.39 is 0 Å². The molecule has 0 spiro atoms. The lowest BCUT2D eigenvalue weighted by Gasteiger charge is -2.15. The highest BCUT2D eigenvalue weighted by molar-refractivity contribution is 5.25. The van der Waals surface area contributed by atoms with Crippen LogP contribution in [0.2, 0.25) is 0 Å². The predicted molar refractivity (Wildman–Crippen MR) is 87.7 cm³/mol. The molecule has 0 bridgehead atoms. The molecule has 1 aromatic carbocycles. The quantitative estimate of drug-likeness (QED) is 0.922. The molecule has 22 heavy (non-hydrogen) atoms. The van der Waals surface area contributed by atoms with Crippen LogP contribution < -0.4 is 5.56 Å². The Morgan fingerprint density at radius 1 is 1.36 bits per heavy atom. The third kappa shape index (κ3) is 3.63. The fraction of sp³-hybridized carbons (Fsp3) is 0.444. The molecule has 2 aromatic rings. The van der Waals surface area contributed by atoms with E-state index in [1.54, 1.807) is 12.4 Å². The summed E-state index contributed by atoms with van der Waals surface area (Å²) in [5.41, 5.74) is 3.41. The molecule has 1 N–H and O–H groups in total. The third-order valence-electron chi connectivity index (χ3n) is 4.61. The van der Waals surface area contributed by atoms with Crippen molar-refractivity contribution in [2.24, 2.45) is 5.92 Å². The molecule has 1 unspecified atom stereocenters. The molecule has 4 heteroatoms. The van der Waals surface area contributed by atoms with Crippen LogP contribution in [0.1, 0.15) is 29.7 Å². The largest absolute Gasteiger partial charge is 0.326 e. The van der Waals surface area contributed by atoms with Gasteiger partial charge >= 0.3 is 0 Å². The normalized spacial score (nSPS) is 18.7. The van der Waals surface area contributed by atoms with Gasteiger partial charge in [0.05, 0.1) is 0 Å². The minimum Gasteiger partial charge on any atom is -0.326 e. The number of H-pyrrole nitrogens is 1. The molecular formula is C18H23N3O. The van der Waals surface area contributed by atoms with E-state index in [0.29, 0.717) is 12.2 Å². The molecule has 1 aliphatic heterocycles. The summed E-state index contributed by atoms with van der Waals surface area (Å²) in [4.78, 5) is 20.9. The molecule has 1 atom stereocenters. The van der Waals surface area contributed by atoms with Gasteiger partial charge in [0.15, 0.2) is 0 Å². The van der Waals surface area contributed by atoms with Crippen LogP contribution in [0.3, 0.4) is 0 Å². The number of nitrogens with zero attached hydrogens (tertiary/aromatic N) is 2. The van der Waals surface area contributed by atoms with Crippen molar-refractivity contribution < 1.29 is 0 Å². The van der Waals surface area contributed by atoms with Crippen LogP contribution in [-0.2, 0) is 13.0 Å². The van der Waals surface area contributed by atoms with Crippen molar-refractivity contribution in [2.45, 2.75) is 32.7 Å². The first-order valence-corrected chi connectivity index (χ1v) is 8.02. The van der Waals surface area contributed by atoms with Crippen LogP contribution >= 0.6 is 0 Å². The summed E-state index contributed by atoms with van der Waals surface area (Å²) in [5, 5.41) is 0. The molecule has 1 aliphatic rings. The van der Waals surface area contributed by atoms with Gasteiger partial charge in [-0.15, -0.1) is 0 Å². The number of aromatic amines is 1. The fourth-order valence-electron chi connectivity index (χ4n) is 3.25. The van der Waals surface area contributed by atoms with Crippen molar-refractivity contribution in [3.63, 3.8) is 0 Å². The number of nitrogens with one attached hydrogen (secondary N) is 1. The predicted octanol–water partition coefficient (Wildman–Crippen LogP) is 2.53. The Labute approximate surface area is 131 Å². The third-order valence-corrected chi connectivity index (χ3v) is 4.61. The number of hydrogen-bond donors (Lipinski definition) is 1. The Morgan fingerprint density at radius 2 is 2.23 bits per heavy atom. The Bertz CT molecular complexity index is 680. The maximum atomic E-state index is 11.7. The van der Waals surface area contributed by atoms with E-state index in [9.17, 15) is 4.79 Å². The topological polar surface area (TPSA) is 49.0 Å². The molecule has 1 fully saturated rings. The molecular weight excluding hydrogens is 274 g/mol. The summed E-state index contributed by atoms with van der Waals surface area (Å²) >= 11 is 0. The van der Waals surface area contributed by atoms with Gasteiger partial charge in [-0.2, -0.15) is 0 Å². The molecule has 1 saturated heterocycles. The van der Waals surface area contributed by atoms with Gasteiger partial charge in [-0.05, 0) is 49.8 Å². The van der Waals surface area contributed by atoms with E-state index in [0.717, 1.165) is 25.4 Å². The molecule has 4 nitrogen and oxygen atoms in total. The Balaban J connectivity index is 1.51. The zero-order chi connectivity index (χ0) is 15.4. The van der Waals surface area contributed by atoms with E-state index in [1.807, 2.05) is 0 Å². The van der Waals surface area contributed by atoms with Crippen LogP contribution in [0.4, 0.5) is 0 Å². The van der Waals surface area contributed by atoms with Crippen molar-refractivity contribution >= 4 is 0 Å². The van der Waals surface area contributed by atoms with Crippen molar-refractivity contribution in [1.82, 2.24) is 14.9 Å². The summed E-state index contributed by atoms with van der Waals surface area (Å²) in [6.45, 7) is 4.98. The van der Waals surface area contributed by atoms with Gasteiger partial charge in [-0.25, -0.2) is 0 Å². The highest BCUT2D eigenvalue weighted by Gasteiger charge is 2.23. The average molecular weight is 297 g/mol. The van der Waals surface area contributed by atoms with Gasteiger partial charge in [0.1, 0.15) is 5.69 Å². The van der Waals surface area contributed by atoms with Gasteiger partial charge in [0.25, 0.3) is 5.56 Å². The maximum Gasteiger partial charge on any atom is 0.270 e. The first kappa shape index (κ1) is 15.0. The van der Waals surface area contributed by atoms with Crippen LogP contribution in [0, 0.1) is 12.8 Å². The lowest BCUT2D eigenvalue weighted by Crippen LogP contribution is -2.26. The zero-order valence-corrected chi connectivity index (χ0v) is 13.1. The van der Waals surface area contributed by atoms with Gasteiger partial charge in [0, 0.05) is 25.5 Å². The van der Waals surface area contributed by atoms with E-state index in [1.165, 1.54) is 24.0 Å². The summed E-state index contributed by atoms with van der Waals surface area (Å²) < 4.78 is 0. The molecule has 2 heterocycles. The van der Waals surface area contributed by atoms with Gasteiger partial charge < -0.3 is 4.98 Å². The molecule has 0 saturated carbocycles. The lowest BCUT2D eigenvalue weighted by molar-refractivity contribution is 0.308. The van der Waals surface area contributed by atoms with E-state index >= 15 is 0 Å². The number of aromatic nitrogens is 2. The molecule has 0 aliphatic carbocycles. The van der Waals surface area contributed by atoms with Crippen molar-refractivity contribution in [1.29, 1.82) is 0 Å². The smallest absolute Gasteiger partial charge is 0.270 e. The molecule has 0 amide bonds. The Kier molecular flexibility index (Phi) is 4.68. The average Bonchev–Trinajstić information content (AvgIpc) is 2.96. The lowest BCUT2D eigenvalue weighted by atomic mass is 9.96. The number of aryl methyl sites for hydroxylation is 2. The summed E-state index contributed by atoms with van der Waals surface area (Å²) in [7, 11) is 0. The van der Waals surface area contributed by atoms with Crippen LogP contribution in [0.5, 0.6) is 0 Å². The summed E-state index contributed by atoms with van der Waals surface area (Å²) in [6.07, 6.45) is 6.83. The second kappa shape index (κ2) is 6.88. The molecule has 1 aromatic heterocycles. The molecule has 0 radical (unpaired) electrons. The fourth-order valence-corrected chi connectivity index (χ4v) is 3.25. The second-order valence-electron chi connectivity index (χ2n) is 6.22. The van der Waals surface area contributed by atoms with Gasteiger partial charge in [-0.1, -0.05) is 24.3 Å². The van der Waals surface area contributed by atoms with E-state index in [4.69, 9.17) is 0 Å². The molecule has 3 rings (SSSR count). The standard InChI is InChI=1S/C18H23N3O/c1-14-4-2-3-5-16(14)7-6-15-8-11-21(12-15)13-17-18(22)20-10-9-19-17/h2-5,9-10,15H,6-8,11-13H2,1H3,(H,20,22). The SMILES string of the molecule is Cc1ccccc1CCC1CCN(Cc2ncc[nH]c2=O)C1. The highest BCUT2D eigenvalue weighted by Crippen LogP contribution is 2.23. The maximum absolute atomic E-state index is 11.7. The first-order chi connectivity index (χ1) is 10.7. The Morgan fingerprint density at radius 3 is 3.05 bits per heavy atom. The number of rotatable bonds is 5. The van der Waals surface area contributed by atoms with Crippen molar-refractivity contribution in [3.05, 3.63) is 63.8 Å². The summed E-state index contributed by atoms with van der Waals surface area (Å²) in [5.74, 6) is 0.724. The van der Waals surface area contributed by atoms with E-state index in [2.05, 4.69) is 46.1 Å². The van der Waals surface area contributed by atoms with Crippen molar-refractivity contribution in [2.75, 3.05) is 13.1 Å². The van der Waals surface area contributed by atoms with Gasteiger partial charge in [-0.3, -0.25) is 14.7 Å². The molecule has 116 valence electrons. The monoisotopic (exact) mass is 297 g/mol. The second-order valence-corrected chi connectivity index (χ2v) is 6.22. The van der Waals surface area contributed by atoms with Crippen LogP contribution in [0.25, 0.3) is 0 Å². The number of benzene rings is 1. The minimum atomic E-state index is -0.0640. The number of likely N-dealkylation sites (tertiary alicyclic amines) is 1. The first-order valence-electron chi connectivity index (χ1n) is 8.02. The number of hydrogen-bond acceptors (Lipinski definition) is 3. The summed E-state index contributed by atoms with van der Waals surface area (Å²) in [6, 6.07) is 8.64. The zero-order valence-electron chi connectivity index (χ0n) is 13.1. The van der Waals surface area contributed by atoms with Gasteiger partial charge in [0.2, 0.25) is 0 Å². The van der Waals surface area contributed by atoms with Crippen molar-refractivity contribution in [3.8, 4) is 0 Å². The highest BCUT2D eigenvalue weighted by atomic mass is 16.1. The minimum absolute atomic E-state index is 0.0640. The van der Waals surface area contributed by atoms with Crippen LogP contribution in [0.15, 0.2) is 41.5 Å². The van der Waals surface area contributed by atoms with E-state index in [-0.39, 0.29) is 5.56 Å². The Hall–Kier alpha value is -1.94.